The number of piperidine rings is 1. The van der Waals surface area contributed by atoms with Gasteiger partial charge in [-0.1, -0.05) is 54.6 Å². The van der Waals surface area contributed by atoms with Crippen molar-refractivity contribution in [1.82, 2.24) is 9.88 Å². The summed E-state index contributed by atoms with van der Waals surface area (Å²) in [4.78, 5) is 20.6. The number of para-hydroxylation sites is 2. The van der Waals surface area contributed by atoms with E-state index in [1.165, 1.54) is 0 Å². The predicted molar refractivity (Wildman–Crippen MR) is 131 cm³/mol. The van der Waals surface area contributed by atoms with E-state index in [9.17, 15) is 4.79 Å². The molecule has 1 saturated heterocycles. The number of benzene rings is 3. The number of rotatable bonds is 5. The third kappa shape index (κ3) is 4.55. The topological polar surface area (TPSA) is 58.4 Å². The van der Waals surface area contributed by atoms with Gasteiger partial charge in [0.1, 0.15) is 11.6 Å². The van der Waals surface area contributed by atoms with Crippen LogP contribution in [0.1, 0.15) is 47.4 Å². The standard InChI is InChI=1S/C28H29N3O2/c1-19-12-13-20(2)24(18-19)29-27(32)26(21-8-4-3-5-9-21)31-16-14-22(15-17-31)28-30-23-10-6-7-11-25(23)33-28/h3-13,18,22,26H,14-17H2,1-2H3,(H,29,32)/t26-/m0/s1. The van der Waals surface area contributed by atoms with E-state index in [4.69, 9.17) is 9.40 Å². The molecule has 1 N–H and O–H groups in total. The van der Waals surface area contributed by atoms with Gasteiger partial charge in [0, 0.05) is 11.6 Å². The number of oxazole rings is 1. The van der Waals surface area contributed by atoms with Crippen LogP contribution in [0.25, 0.3) is 11.1 Å². The van der Waals surface area contributed by atoms with Gasteiger partial charge in [-0.15, -0.1) is 0 Å². The molecule has 3 aromatic carbocycles. The molecule has 0 saturated carbocycles. The zero-order valence-corrected chi connectivity index (χ0v) is 19.1. The molecule has 0 spiro atoms. The van der Waals surface area contributed by atoms with Crippen molar-refractivity contribution in [2.45, 2.75) is 38.6 Å². The average molecular weight is 440 g/mol. The Balaban J connectivity index is 1.35. The minimum Gasteiger partial charge on any atom is -0.440 e. The van der Waals surface area contributed by atoms with Crippen LogP contribution in [-0.2, 0) is 4.79 Å². The molecular weight excluding hydrogens is 410 g/mol. The number of carbonyl (C=O) groups excluding carboxylic acids is 1. The number of amides is 1. The summed E-state index contributed by atoms with van der Waals surface area (Å²) in [6.45, 7) is 5.69. The maximum Gasteiger partial charge on any atom is 0.246 e. The summed E-state index contributed by atoms with van der Waals surface area (Å²) >= 11 is 0. The van der Waals surface area contributed by atoms with Gasteiger partial charge in [0.05, 0.1) is 0 Å². The first kappa shape index (κ1) is 21.4. The summed E-state index contributed by atoms with van der Waals surface area (Å²) in [5, 5.41) is 3.20. The number of hydrogen-bond donors (Lipinski definition) is 1. The molecule has 0 unspecified atom stereocenters. The van der Waals surface area contributed by atoms with Crippen molar-refractivity contribution < 1.29 is 9.21 Å². The zero-order valence-electron chi connectivity index (χ0n) is 19.1. The lowest BCUT2D eigenvalue weighted by Gasteiger charge is -2.36. The molecule has 1 amide bonds. The molecule has 5 heteroatoms. The molecule has 1 aromatic heterocycles. The van der Waals surface area contributed by atoms with Crippen molar-refractivity contribution in [3.8, 4) is 0 Å². The molecule has 0 aliphatic carbocycles. The number of anilines is 1. The summed E-state index contributed by atoms with van der Waals surface area (Å²) < 4.78 is 6.03. The van der Waals surface area contributed by atoms with Crippen molar-refractivity contribution in [2.24, 2.45) is 0 Å². The maximum atomic E-state index is 13.6. The van der Waals surface area contributed by atoms with E-state index in [1.807, 2.05) is 80.6 Å². The highest BCUT2D eigenvalue weighted by Gasteiger charge is 2.33. The van der Waals surface area contributed by atoms with Crippen LogP contribution in [0.3, 0.4) is 0 Å². The van der Waals surface area contributed by atoms with Crippen LogP contribution >= 0.6 is 0 Å². The third-order valence-electron chi connectivity index (χ3n) is 6.57. The first-order chi connectivity index (χ1) is 16.1. The molecular formula is C28H29N3O2. The Bertz CT molecular complexity index is 1220. The molecule has 5 nitrogen and oxygen atoms in total. The fourth-order valence-electron chi connectivity index (χ4n) is 4.70. The summed E-state index contributed by atoms with van der Waals surface area (Å²) in [6, 6.07) is 23.8. The number of nitrogens with zero attached hydrogens (tertiary/aromatic N) is 2. The molecule has 0 bridgehead atoms. The molecule has 5 rings (SSSR count). The zero-order chi connectivity index (χ0) is 22.8. The molecule has 2 heterocycles. The number of likely N-dealkylation sites (tertiary alicyclic amines) is 1. The minimum atomic E-state index is -0.337. The SMILES string of the molecule is Cc1ccc(C)c(NC(=O)[C@H](c2ccccc2)N2CCC(c3nc4ccccc4o3)CC2)c1. The summed E-state index contributed by atoms with van der Waals surface area (Å²) in [5.41, 5.74) is 5.83. The second-order valence-corrected chi connectivity index (χ2v) is 8.95. The fraction of sp³-hybridized carbons (Fsp3) is 0.286. The van der Waals surface area contributed by atoms with Gasteiger partial charge in [-0.3, -0.25) is 9.69 Å². The summed E-state index contributed by atoms with van der Waals surface area (Å²) in [6.07, 6.45) is 1.82. The van der Waals surface area contributed by atoms with Crippen molar-refractivity contribution in [2.75, 3.05) is 18.4 Å². The highest BCUT2D eigenvalue weighted by molar-refractivity contribution is 5.96. The molecule has 1 fully saturated rings. The largest absolute Gasteiger partial charge is 0.440 e. The number of nitrogens with one attached hydrogen (secondary N) is 1. The lowest BCUT2D eigenvalue weighted by Crippen LogP contribution is -2.41. The number of hydrogen-bond acceptors (Lipinski definition) is 4. The van der Waals surface area contributed by atoms with Gasteiger partial charge in [-0.2, -0.15) is 0 Å². The van der Waals surface area contributed by atoms with Crippen LogP contribution in [0, 0.1) is 13.8 Å². The number of aryl methyl sites for hydroxylation is 2. The van der Waals surface area contributed by atoms with E-state index in [-0.39, 0.29) is 17.9 Å². The molecule has 168 valence electrons. The van der Waals surface area contributed by atoms with Crippen LogP contribution in [-0.4, -0.2) is 28.9 Å². The minimum absolute atomic E-state index is 0.00946. The van der Waals surface area contributed by atoms with Gasteiger partial charge in [0.15, 0.2) is 11.5 Å². The summed E-state index contributed by atoms with van der Waals surface area (Å²) in [7, 11) is 0. The van der Waals surface area contributed by atoms with Crippen LogP contribution in [0.4, 0.5) is 5.69 Å². The van der Waals surface area contributed by atoms with Gasteiger partial charge in [0.25, 0.3) is 0 Å². The first-order valence-electron chi connectivity index (χ1n) is 11.6. The molecule has 1 atom stereocenters. The van der Waals surface area contributed by atoms with E-state index in [1.54, 1.807) is 0 Å². The van der Waals surface area contributed by atoms with E-state index < -0.39 is 0 Å². The lowest BCUT2D eigenvalue weighted by molar-refractivity contribution is -0.122. The summed E-state index contributed by atoms with van der Waals surface area (Å²) in [5.74, 6) is 1.09. The smallest absolute Gasteiger partial charge is 0.246 e. The molecule has 33 heavy (non-hydrogen) atoms. The van der Waals surface area contributed by atoms with Crippen molar-refractivity contribution in [1.29, 1.82) is 0 Å². The van der Waals surface area contributed by atoms with Crippen molar-refractivity contribution in [3.05, 3.63) is 95.4 Å². The van der Waals surface area contributed by atoms with E-state index in [0.29, 0.717) is 0 Å². The predicted octanol–water partition coefficient (Wildman–Crippen LogP) is 6.00. The van der Waals surface area contributed by atoms with E-state index in [0.717, 1.165) is 65.3 Å². The van der Waals surface area contributed by atoms with E-state index in [2.05, 4.69) is 16.3 Å². The van der Waals surface area contributed by atoms with Gasteiger partial charge in [-0.05, 0) is 74.7 Å². The highest BCUT2D eigenvalue weighted by Crippen LogP contribution is 2.34. The quantitative estimate of drug-likeness (QED) is 0.414. The third-order valence-corrected chi connectivity index (χ3v) is 6.57. The molecule has 0 radical (unpaired) electrons. The second kappa shape index (κ2) is 9.20. The Morgan fingerprint density at radius 1 is 1.00 bits per heavy atom. The fourth-order valence-corrected chi connectivity index (χ4v) is 4.70. The van der Waals surface area contributed by atoms with E-state index >= 15 is 0 Å². The van der Waals surface area contributed by atoms with Crippen LogP contribution in [0.2, 0.25) is 0 Å². The highest BCUT2D eigenvalue weighted by atomic mass is 16.3. The Hall–Kier alpha value is -3.44. The maximum absolute atomic E-state index is 13.6. The van der Waals surface area contributed by atoms with Gasteiger partial charge < -0.3 is 9.73 Å². The van der Waals surface area contributed by atoms with Gasteiger partial charge in [-0.25, -0.2) is 4.98 Å². The van der Waals surface area contributed by atoms with Crippen LogP contribution in [0.5, 0.6) is 0 Å². The van der Waals surface area contributed by atoms with Crippen molar-refractivity contribution >= 4 is 22.7 Å². The van der Waals surface area contributed by atoms with Gasteiger partial charge >= 0.3 is 0 Å². The Morgan fingerprint density at radius 3 is 2.48 bits per heavy atom. The normalized spacial score (nSPS) is 16.1. The van der Waals surface area contributed by atoms with Crippen molar-refractivity contribution in [3.63, 3.8) is 0 Å². The van der Waals surface area contributed by atoms with Crippen LogP contribution in [0.15, 0.2) is 77.2 Å². The number of fused-ring (bicyclic) bond motifs is 1. The molecule has 1 aliphatic rings. The number of carbonyl (C=O) groups is 1. The molecule has 1 aliphatic heterocycles. The monoisotopic (exact) mass is 439 g/mol. The lowest BCUT2D eigenvalue weighted by atomic mass is 9.93. The Kier molecular flexibility index (Phi) is 5.97. The molecule has 4 aromatic rings. The first-order valence-corrected chi connectivity index (χ1v) is 11.6. The average Bonchev–Trinajstić information content (AvgIpc) is 3.27. The Labute approximate surface area is 194 Å². The van der Waals surface area contributed by atoms with Crippen LogP contribution < -0.4 is 5.32 Å². The van der Waals surface area contributed by atoms with Gasteiger partial charge in [0.2, 0.25) is 5.91 Å². The number of aromatic nitrogens is 1. The second-order valence-electron chi connectivity index (χ2n) is 8.95. The Morgan fingerprint density at radius 2 is 1.73 bits per heavy atom.